The molecule has 0 spiro atoms. The summed E-state index contributed by atoms with van der Waals surface area (Å²) in [4.78, 5) is 17.3. The summed E-state index contributed by atoms with van der Waals surface area (Å²) in [6, 6.07) is 18.2. The van der Waals surface area contributed by atoms with Crippen LogP contribution in [0.15, 0.2) is 71.6 Å². The maximum Gasteiger partial charge on any atom is 0.258 e. The minimum absolute atomic E-state index is 0.103. The number of halogens is 1. The van der Waals surface area contributed by atoms with Gasteiger partial charge in [0.25, 0.3) is 5.91 Å². The number of fused-ring (bicyclic) bond motifs is 1. The van der Waals surface area contributed by atoms with Crippen molar-refractivity contribution in [3.63, 3.8) is 0 Å². The first-order valence-electron chi connectivity index (χ1n) is 13.1. The summed E-state index contributed by atoms with van der Waals surface area (Å²) in [5, 5.41) is 2.68. The van der Waals surface area contributed by atoms with E-state index >= 15 is 0 Å². The van der Waals surface area contributed by atoms with E-state index in [0.29, 0.717) is 30.9 Å². The third-order valence-corrected chi connectivity index (χ3v) is 8.95. The van der Waals surface area contributed by atoms with E-state index in [1.54, 1.807) is 18.2 Å². The van der Waals surface area contributed by atoms with Crippen molar-refractivity contribution in [2.75, 3.05) is 42.9 Å². The summed E-state index contributed by atoms with van der Waals surface area (Å²) in [7, 11) is -3.96. The molecule has 0 unspecified atom stereocenters. The predicted octanol–water partition coefficient (Wildman–Crippen LogP) is 4.58. The Balaban J connectivity index is 1.48. The molecule has 2 N–H and O–H groups in total. The van der Waals surface area contributed by atoms with Gasteiger partial charge in [0, 0.05) is 37.9 Å². The van der Waals surface area contributed by atoms with Gasteiger partial charge in [-0.3, -0.25) is 4.79 Å². The molecule has 1 heterocycles. The van der Waals surface area contributed by atoms with E-state index in [1.807, 2.05) is 24.3 Å². The van der Waals surface area contributed by atoms with Crippen LogP contribution in [0, 0.1) is 5.82 Å². The van der Waals surface area contributed by atoms with Crippen LogP contribution in [0.4, 0.5) is 15.8 Å². The number of anilines is 2. The highest BCUT2D eigenvalue weighted by Gasteiger charge is 2.30. The second-order valence-corrected chi connectivity index (χ2v) is 11.5. The molecule has 200 valence electrons. The molecule has 1 saturated heterocycles. The number of nitrogens with one attached hydrogen (secondary N) is 2. The lowest BCUT2D eigenvalue weighted by atomic mass is 9.88. The molecule has 5 rings (SSSR count). The largest absolute Gasteiger partial charge is 0.368 e. The van der Waals surface area contributed by atoms with E-state index in [0.717, 1.165) is 43.6 Å². The van der Waals surface area contributed by atoms with Gasteiger partial charge in [0.2, 0.25) is 10.0 Å². The number of benzene rings is 3. The topological polar surface area (TPSA) is 81.8 Å². The van der Waals surface area contributed by atoms with Crippen molar-refractivity contribution >= 4 is 27.3 Å². The Hall–Kier alpha value is -3.27. The Morgan fingerprint density at radius 2 is 1.74 bits per heavy atom. The van der Waals surface area contributed by atoms with Crippen LogP contribution in [-0.2, 0) is 16.4 Å². The van der Waals surface area contributed by atoms with Gasteiger partial charge < -0.3 is 15.1 Å². The van der Waals surface area contributed by atoms with Crippen LogP contribution in [-0.4, -0.2) is 51.9 Å². The highest BCUT2D eigenvalue weighted by molar-refractivity contribution is 7.89. The van der Waals surface area contributed by atoms with Crippen LogP contribution >= 0.6 is 0 Å². The summed E-state index contributed by atoms with van der Waals surface area (Å²) in [5.74, 6) is -1.27. The number of sulfonamides is 1. The molecule has 0 radical (unpaired) electrons. The quantitative estimate of drug-likeness (QED) is 0.462. The number of hydrogen-bond acceptors (Lipinski definition) is 5. The van der Waals surface area contributed by atoms with Crippen LogP contribution in [0.25, 0.3) is 0 Å². The predicted molar refractivity (Wildman–Crippen MR) is 148 cm³/mol. The fraction of sp³-hybridized carbons (Fsp3) is 0.345. The zero-order valence-electron chi connectivity index (χ0n) is 21.5. The normalized spacial score (nSPS) is 18.2. The second-order valence-electron chi connectivity index (χ2n) is 9.80. The molecular formula is C29H33FN4O3S. The first kappa shape index (κ1) is 26.3. The molecule has 0 bridgehead atoms. The molecular weight excluding hydrogens is 503 g/mol. The molecule has 1 atom stereocenters. The summed E-state index contributed by atoms with van der Waals surface area (Å²) in [6.07, 6.45) is 2.54. The summed E-state index contributed by atoms with van der Waals surface area (Å²) < 4.78 is 45.0. The standard InChI is InChI=1S/C29H33FN4O3S/c1-2-33-16-18-34(19-17-33)27-15-14-22(31-29(35)24-11-5-6-12-25(24)30)20-28(27)38(36,37)32-26-13-7-9-21-8-3-4-10-23(21)26/h3-6,8,10-12,14-15,20,26,32H,2,7,9,13,16-19H2,1H3,(H,31,35)/t26-/m0/s1. The molecule has 0 aromatic heterocycles. The average molecular weight is 537 g/mol. The molecule has 3 aromatic rings. The molecule has 1 aliphatic carbocycles. The van der Waals surface area contributed by atoms with Gasteiger partial charge in [-0.15, -0.1) is 0 Å². The Bertz CT molecular complexity index is 1420. The molecule has 9 heteroatoms. The van der Waals surface area contributed by atoms with Gasteiger partial charge in [0.1, 0.15) is 10.7 Å². The van der Waals surface area contributed by atoms with Gasteiger partial charge in [-0.2, -0.15) is 0 Å². The average Bonchev–Trinajstić information content (AvgIpc) is 2.93. The fourth-order valence-electron chi connectivity index (χ4n) is 5.34. The van der Waals surface area contributed by atoms with E-state index in [4.69, 9.17) is 0 Å². The van der Waals surface area contributed by atoms with Gasteiger partial charge in [-0.1, -0.05) is 43.3 Å². The maximum atomic E-state index is 14.2. The van der Waals surface area contributed by atoms with Crippen LogP contribution in [0.5, 0.6) is 0 Å². The van der Waals surface area contributed by atoms with Crippen LogP contribution in [0.2, 0.25) is 0 Å². The molecule has 1 fully saturated rings. The summed E-state index contributed by atoms with van der Waals surface area (Å²) in [5.41, 5.74) is 2.95. The van der Waals surface area contributed by atoms with Crippen LogP contribution < -0.4 is 14.9 Å². The lowest BCUT2D eigenvalue weighted by Crippen LogP contribution is -2.46. The van der Waals surface area contributed by atoms with E-state index in [-0.39, 0.29) is 16.5 Å². The van der Waals surface area contributed by atoms with E-state index in [1.165, 1.54) is 24.3 Å². The Kier molecular flexibility index (Phi) is 7.78. The summed E-state index contributed by atoms with van der Waals surface area (Å²) >= 11 is 0. The van der Waals surface area contributed by atoms with Gasteiger partial charge >= 0.3 is 0 Å². The maximum absolute atomic E-state index is 14.2. The zero-order valence-corrected chi connectivity index (χ0v) is 22.3. The van der Waals surface area contributed by atoms with Gasteiger partial charge in [0.15, 0.2) is 0 Å². The first-order valence-corrected chi connectivity index (χ1v) is 14.6. The molecule has 1 aliphatic heterocycles. The van der Waals surface area contributed by atoms with E-state index in [2.05, 4.69) is 26.8 Å². The summed E-state index contributed by atoms with van der Waals surface area (Å²) in [6.45, 7) is 6.14. The number of carbonyl (C=O) groups is 1. The molecule has 3 aromatic carbocycles. The number of piperazine rings is 1. The van der Waals surface area contributed by atoms with Crippen molar-refractivity contribution in [2.24, 2.45) is 0 Å². The van der Waals surface area contributed by atoms with Crippen molar-refractivity contribution in [1.82, 2.24) is 9.62 Å². The van der Waals surface area contributed by atoms with Crippen LogP contribution in [0.1, 0.15) is 47.3 Å². The number of amides is 1. The SMILES string of the molecule is CCN1CCN(c2ccc(NC(=O)c3ccccc3F)cc2S(=O)(=O)N[C@H]2CCCc3ccccc32)CC1. The van der Waals surface area contributed by atoms with Crippen molar-refractivity contribution in [3.8, 4) is 0 Å². The Morgan fingerprint density at radius 3 is 2.50 bits per heavy atom. The van der Waals surface area contributed by atoms with Crippen molar-refractivity contribution in [2.45, 2.75) is 37.1 Å². The lowest BCUT2D eigenvalue weighted by Gasteiger charge is -2.36. The second kappa shape index (κ2) is 11.2. The minimum Gasteiger partial charge on any atom is -0.368 e. The highest BCUT2D eigenvalue weighted by Crippen LogP contribution is 2.34. The molecule has 2 aliphatic rings. The third-order valence-electron chi connectivity index (χ3n) is 7.45. The van der Waals surface area contributed by atoms with E-state index < -0.39 is 21.7 Å². The van der Waals surface area contributed by atoms with Crippen molar-refractivity contribution in [1.29, 1.82) is 0 Å². The Labute approximate surface area is 223 Å². The number of likely N-dealkylation sites (N-methyl/N-ethyl adjacent to an activating group) is 1. The highest BCUT2D eigenvalue weighted by atomic mass is 32.2. The van der Waals surface area contributed by atoms with Crippen molar-refractivity contribution < 1.29 is 17.6 Å². The lowest BCUT2D eigenvalue weighted by molar-refractivity contribution is 0.102. The third kappa shape index (κ3) is 5.60. The minimum atomic E-state index is -3.96. The molecule has 1 amide bonds. The molecule has 38 heavy (non-hydrogen) atoms. The fourth-order valence-corrected chi connectivity index (χ4v) is 6.85. The van der Waals surface area contributed by atoms with Crippen LogP contribution in [0.3, 0.4) is 0 Å². The number of hydrogen-bond donors (Lipinski definition) is 2. The van der Waals surface area contributed by atoms with Gasteiger partial charge in [0.05, 0.1) is 11.3 Å². The monoisotopic (exact) mass is 536 g/mol. The van der Waals surface area contributed by atoms with Gasteiger partial charge in [-0.25, -0.2) is 17.5 Å². The van der Waals surface area contributed by atoms with E-state index in [9.17, 15) is 17.6 Å². The zero-order chi connectivity index (χ0) is 26.7. The smallest absolute Gasteiger partial charge is 0.258 e. The molecule has 0 saturated carbocycles. The number of rotatable bonds is 7. The number of carbonyl (C=O) groups excluding carboxylic acids is 1. The number of nitrogens with zero attached hydrogens (tertiary/aromatic N) is 2. The first-order chi connectivity index (χ1) is 18.4. The van der Waals surface area contributed by atoms with Crippen molar-refractivity contribution in [3.05, 3.63) is 89.2 Å². The van der Waals surface area contributed by atoms with Gasteiger partial charge in [-0.05, 0) is 67.3 Å². The molecule has 7 nitrogen and oxygen atoms in total. The Morgan fingerprint density at radius 1 is 1.00 bits per heavy atom. The number of aryl methyl sites for hydroxylation is 1.